The van der Waals surface area contributed by atoms with E-state index in [1.165, 1.54) is 24.1 Å². The molecule has 38 heavy (non-hydrogen) atoms. The Morgan fingerprint density at radius 1 is 0.947 bits per heavy atom. The van der Waals surface area contributed by atoms with Crippen LogP contribution in [0.2, 0.25) is 0 Å². The van der Waals surface area contributed by atoms with Crippen LogP contribution in [-0.2, 0) is 26.2 Å². The van der Waals surface area contributed by atoms with Gasteiger partial charge in [-0.25, -0.2) is 8.42 Å². The van der Waals surface area contributed by atoms with Gasteiger partial charge in [-0.3, -0.25) is 13.9 Å². The van der Waals surface area contributed by atoms with Crippen molar-refractivity contribution in [1.82, 2.24) is 10.2 Å². The highest BCUT2D eigenvalue weighted by Crippen LogP contribution is 2.27. The second-order valence-electron chi connectivity index (χ2n) is 9.26. The molecule has 1 atom stereocenters. The van der Waals surface area contributed by atoms with Gasteiger partial charge in [0.2, 0.25) is 11.8 Å². The van der Waals surface area contributed by atoms with Gasteiger partial charge < -0.3 is 15.0 Å². The summed E-state index contributed by atoms with van der Waals surface area (Å²) < 4.78 is 34.1. The number of amides is 2. The van der Waals surface area contributed by atoms with Crippen LogP contribution in [0, 0.1) is 20.8 Å². The number of nitrogens with one attached hydrogen (secondary N) is 1. The number of hydrogen-bond donors (Lipinski definition) is 1. The van der Waals surface area contributed by atoms with Crippen molar-refractivity contribution in [1.29, 1.82) is 0 Å². The first kappa shape index (κ1) is 28.7. The minimum absolute atomic E-state index is 0.0767. The Labute approximate surface area is 225 Å². The number of nitrogens with zero attached hydrogens (tertiary/aromatic N) is 2. The summed E-state index contributed by atoms with van der Waals surface area (Å²) in [6.45, 7) is 6.92. The van der Waals surface area contributed by atoms with Crippen LogP contribution >= 0.6 is 0 Å². The second-order valence-corrected chi connectivity index (χ2v) is 11.1. The maximum Gasteiger partial charge on any atom is 0.264 e. The molecule has 2 amide bonds. The third-order valence-corrected chi connectivity index (χ3v) is 8.36. The first-order valence-electron chi connectivity index (χ1n) is 12.3. The molecule has 202 valence electrons. The van der Waals surface area contributed by atoms with Gasteiger partial charge in [-0.1, -0.05) is 35.9 Å². The minimum atomic E-state index is -4.10. The second kappa shape index (κ2) is 12.1. The standard InChI is InChI=1S/C29H35N3O5S/c1-20-10-14-27(15-11-20)38(35,36)32(25-13-12-21(2)22(3)16-25)19-28(33)31(23(4)29(34)30-5)18-24-8-7-9-26(17-24)37-6/h7-17,23H,18-19H2,1-6H3,(H,30,34)/t23-/m1/s1. The summed E-state index contributed by atoms with van der Waals surface area (Å²) in [5, 5.41) is 2.58. The van der Waals surface area contributed by atoms with E-state index in [9.17, 15) is 18.0 Å². The fourth-order valence-corrected chi connectivity index (χ4v) is 5.41. The van der Waals surface area contributed by atoms with Crippen molar-refractivity contribution in [3.8, 4) is 5.75 Å². The fourth-order valence-electron chi connectivity index (χ4n) is 4.01. The summed E-state index contributed by atoms with van der Waals surface area (Å²) in [7, 11) is -1.05. The molecule has 0 fully saturated rings. The van der Waals surface area contributed by atoms with E-state index in [1.807, 2.05) is 32.9 Å². The highest BCUT2D eigenvalue weighted by atomic mass is 32.2. The van der Waals surface area contributed by atoms with E-state index >= 15 is 0 Å². The molecule has 0 aliphatic carbocycles. The van der Waals surface area contributed by atoms with Crippen molar-refractivity contribution in [2.45, 2.75) is 45.2 Å². The molecule has 3 aromatic rings. The molecule has 0 aromatic heterocycles. The van der Waals surface area contributed by atoms with Crippen molar-refractivity contribution in [3.63, 3.8) is 0 Å². The van der Waals surface area contributed by atoms with Gasteiger partial charge in [0, 0.05) is 13.6 Å². The molecule has 0 spiro atoms. The predicted octanol–water partition coefficient (Wildman–Crippen LogP) is 3.98. The van der Waals surface area contributed by atoms with Gasteiger partial charge >= 0.3 is 0 Å². The van der Waals surface area contributed by atoms with Crippen LogP contribution in [0.5, 0.6) is 5.75 Å². The summed E-state index contributed by atoms with van der Waals surface area (Å²) in [6, 6.07) is 18.1. The lowest BCUT2D eigenvalue weighted by Gasteiger charge is -2.32. The molecular formula is C29H35N3O5S. The summed E-state index contributed by atoms with van der Waals surface area (Å²) in [5.74, 6) is -0.264. The lowest BCUT2D eigenvalue weighted by atomic mass is 10.1. The Morgan fingerprint density at radius 2 is 1.63 bits per heavy atom. The minimum Gasteiger partial charge on any atom is -0.497 e. The van der Waals surface area contributed by atoms with Gasteiger partial charge in [0.25, 0.3) is 10.0 Å². The molecule has 0 bridgehead atoms. The summed E-state index contributed by atoms with van der Waals surface area (Å²) in [4.78, 5) is 27.9. The number of likely N-dealkylation sites (N-methyl/N-ethyl adjacent to an activating group) is 1. The van der Waals surface area contributed by atoms with Gasteiger partial charge in [0.15, 0.2) is 0 Å². The molecule has 1 N–H and O–H groups in total. The zero-order chi connectivity index (χ0) is 28.0. The average molecular weight is 538 g/mol. The molecular weight excluding hydrogens is 502 g/mol. The number of carbonyl (C=O) groups is 2. The zero-order valence-corrected chi connectivity index (χ0v) is 23.5. The SMILES string of the molecule is CNC(=O)[C@@H](C)N(Cc1cccc(OC)c1)C(=O)CN(c1ccc(C)c(C)c1)S(=O)(=O)c1ccc(C)cc1. The lowest BCUT2D eigenvalue weighted by molar-refractivity contribution is -0.139. The predicted molar refractivity (Wildman–Crippen MR) is 149 cm³/mol. The van der Waals surface area contributed by atoms with E-state index in [0.717, 1.165) is 26.6 Å². The quantitative estimate of drug-likeness (QED) is 0.422. The van der Waals surface area contributed by atoms with E-state index in [4.69, 9.17) is 4.74 Å². The number of ether oxygens (including phenoxy) is 1. The number of benzene rings is 3. The number of carbonyl (C=O) groups excluding carboxylic acids is 2. The van der Waals surface area contributed by atoms with Crippen molar-refractivity contribution < 1.29 is 22.7 Å². The van der Waals surface area contributed by atoms with E-state index in [0.29, 0.717) is 11.4 Å². The highest BCUT2D eigenvalue weighted by molar-refractivity contribution is 7.92. The Hall–Kier alpha value is -3.85. The smallest absolute Gasteiger partial charge is 0.264 e. The first-order chi connectivity index (χ1) is 18.0. The number of aryl methyl sites for hydroxylation is 3. The summed E-state index contributed by atoms with van der Waals surface area (Å²) >= 11 is 0. The molecule has 0 unspecified atom stereocenters. The summed E-state index contributed by atoms with van der Waals surface area (Å²) in [6.07, 6.45) is 0. The number of rotatable bonds is 10. The van der Waals surface area contributed by atoms with Crippen molar-refractivity contribution in [2.75, 3.05) is 25.0 Å². The molecule has 0 aliphatic heterocycles. The van der Waals surface area contributed by atoms with Crippen LogP contribution in [-0.4, -0.2) is 51.9 Å². The van der Waals surface area contributed by atoms with Crippen LogP contribution < -0.4 is 14.4 Å². The summed E-state index contributed by atoms with van der Waals surface area (Å²) in [5.41, 5.74) is 3.93. The number of hydrogen-bond acceptors (Lipinski definition) is 5. The Kier molecular flexibility index (Phi) is 9.17. The average Bonchev–Trinajstić information content (AvgIpc) is 2.91. The first-order valence-corrected chi connectivity index (χ1v) is 13.7. The topological polar surface area (TPSA) is 96.0 Å². The zero-order valence-electron chi connectivity index (χ0n) is 22.7. The van der Waals surface area contributed by atoms with Gasteiger partial charge in [-0.05, 0) is 80.8 Å². The molecule has 0 aliphatic rings. The molecule has 9 heteroatoms. The third-order valence-electron chi connectivity index (χ3n) is 6.57. The van der Waals surface area contributed by atoms with Gasteiger partial charge in [0.1, 0.15) is 18.3 Å². The maximum atomic E-state index is 13.9. The molecule has 0 saturated carbocycles. The molecule has 0 heterocycles. The number of methoxy groups -OCH3 is 1. The monoisotopic (exact) mass is 537 g/mol. The molecule has 0 radical (unpaired) electrons. The Morgan fingerprint density at radius 3 is 2.24 bits per heavy atom. The fraction of sp³-hybridized carbons (Fsp3) is 0.310. The normalized spacial score (nSPS) is 11.9. The van der Waals surface area contributed by atoms with E-state index in [1.54, 1.807) is 56.5 Å². The maximum absolute atomic E-state index is 13.9. The van der Waals surface area contributed by atoms with Crippen molar-refractivity contribution in [3.05, 3.63) is 89.0 Å². The van der Waals surface area contributed by atoms with Gasteiger partial charge in [-0.2, -0.15) is 0 Å². The van der Waals surface area contributed by atoms with Gasteiger partial charge in [0.05, 0.1) is 17.7 Å². The molecule has 3 aromatic carbocycles. The largest absolute Gasteiger partial charge is 0.497 e. The number of anilines is 1. The van der Waals surface area contributed by atoms with Crippen molar-refractivity contribution >= 4 is 27.5 Å². The van der Waals surface area contributed by atoms with E-state index < -0.39 is 28.5 Å². The third kappa shape index (κ3) is 6.52. The molecule has 0 saturated heterocycles. The Balaban J connectivity index is 2.06. The highest BCUT2D eigenvalue weighted by Gasteiger charge is 2.32. The van der Waals surface area contributed by atoms with Gasteiger partial charge in [-0.15, -0.1) is 0 Å². The van der Waals surface area contributed by atoms with Crippen LogP contribution in [0.4, 0.5) is 5.69 Å². The lowest BCUT2D eigenvalue weighted by Crippen LogP contribution is -2.50. The molecule has 3 rings (SSSR count). The van der Waals surface area contributed by atoms with Crippen LogP contribution in [0.1, 0.15) is 29.2 Å². The Bertz CT molecular complexity index is 1400. The van der Waals surface area contributed by atoms with Crippen LogP contribution in [0.25, 0.3) is 0 Å². The van der Waals surface area contributed by atoms with E-state index in [-0.39, 0.29) is 17.3 Å². The van der Waals surface area contributed by atoms with Crippen LogP contribution in [0.3, 0.4) is 0 Å². The van der Waals surface area contributed by atoms with Crippen molar-refractivity contribution in [2.24, 2.45) is 0 Å². The van der Waals surface area contributed by atoms with E-state index in [2.05, 4.69) is 5.32 Å². The van der Waals surface area contributed by atoms with Crippen LogP contribution in [0.15, 0.2) is 71.6 Å². The number of sulfonamides is 1. The molecule has 8 nitrogen and oxygen atoms in total.